The van der Waals surface area contributed by atoms with Crippen LogP contribution in [0.4, 0.5) is 17.1 Å². The van der Waals surface area contributed by atoms with Gasteiger partial charge in [0.15, 0.2) is 28.8 Å². The second-order valence-corrected chi connectivity index (χ2v) is 9.30. The average molecular weight is 516 g/mol. The van der Waals surface area contributed by atoms with Crippen molar-refractivity contribution in [2.75, 3.05) is 31.6 Å². The van der Waals surface area contributed by atoms with Gasteiger partial charge in [0.25, 0.3) is 5.69 Å². The molecule has 2 aliphatic heterocycles. The van der Waals surface area contributed by atoms with Crippen molar-refractivity contribution in [3.63, 3.8) is 0 Å². The predicted molar refractivity (Wildman–Crippen MR) is 139 cm³/mol. The van der Waals surface area contributed by atoms with Crippen LogP contribution in [0.3, 0.4) is 0 Å². The third-order valence-corrected chi connectivity index (χ3v) is 7.22. The van der Waals surface area contributed by atoms with E-state index in [2.05, 4.69) is 10.6 Å². The van der Waals surface area contributed by atoms with E-state index in [0.717, 1.165) is 22.6 Å². The van der Waals surface area contributed by atoms with E-state index in [1.165, 1.54) is 6.07 Å². The maximum absolute atomic E-state index is 13.9. The molecule has 0 fully saturated rings. The summed E-state index contributed by atoms with van der Waals surface area (Å²) in [5.41, 5.74) is 3.84. The van der Waals surface area contributed by atoms with Gasteiger partial charge in [-0.2, -0.15) is 0 Å². The maximum atomic E-state index is 13.9. The van der Waals surface area contributed by atoms with Crippen molar-refractivity contribution >= 4 is 22.8 Å². The minimum Gasteiger partial charge on any atom is -0.493 e. The minimum absolute atomic E-state index is 0.0156. The Balaban J connectivity index is 1.48. The summed E-state index contributed by atoms with van der Waals surface area (Å²) in [5.74, 6) is 1.70. The fourth-order valence-electron chi connectivity index (χ4n) is 5.40. The molecule has 3 aliphatic rings. The highest BCUT2D eigenvalue weighted by Gasteiger charge is 2.39. The number of allylic oxidation sites excluding steroid dienone is 1. The number of Topliss-reactive ketones (excluding diaryl/α,β-unsaturated/α-hetero) is 1. The van der Waals surface area contributed by atoms with Crippen molar-refractivity contribution < 1.29 is 28.7 Å². The molecule has 2 N–H and O–H groups in total. The van der Waals surface area contributed by atoms with Crippen LogP contribution in [0.1, 0.15) is 35.9 Å². The van der Waals surface area contributed by atoms with E-state index in [1.54, 1.807) is 20.3 Å². The summed E-state index contributed by atoms with van der Waals surface area (Å²) in [7, 11) is 3.15. The molecule has 10 heteroatoms. The highest BCUT2D eigenvalue weighted by molar-refractivity contribution is 6.01. The van der Waals surface area contributed by atoms with Crippen molar-refractivity contribution in [2.24, 2.45) is 0 Å². The van der Waals surface area contributed by atoms with Crippen LogP contribution in [0, 0.1) is 10.1 Å². The monoisotopic (exact) mass is 515 g/mol. The Morgan fingerprint density at radius 2 is 1.68 bits per heavy atom. The molecule has 3 aromatic carbocycles. The van der Waals surface area contributed by atoms with Crippen LogP contribution in [0.2, 0.25) is 0 Å². The Morgan fingerprint density at radius 3 is 2.42 bits per heavy atom. The number of hydrogen-bond donors (Lipinski definition) is 2. The van der Waals surface area contributed by atoms with Gasteiger partial charge in [-0.3, -0.25) is 14.9 Å². The SMILES string of the molecule is COc1ccc([C@H]2CC(=O)C3=C(C2)Nc2ccccc2N[C@H]3c2cc3c(cc2[N+](=O)[O-])OCO3)cc1OC. The van der Waals surface area contributed by atoms with E-state index in [9.17, 15) is 14.9 Å². The summed E-state index contributed by atoms with van der Waals surface area (Å²) < 4.78 is 21.8. The summed E-state index contributed by atoms with van der Waals surface area (Å²) in [6.45, 7) is -0.0156. The van der Waals surface area contributed by atoms with Crippen LogP contribution >= 0.6 is 0 Å². The summed E-state index contributed by atoms with van der Waals surface area (Å²) in [6, 6.07) is 15.4. The number of benzene rings is 3. The molecule has 10 nitrogen and oxygen atoms in total. The summed E-state index contributed by atoms with van der Waals surface area (Å²) in [4.78, 5) is 25.5. The number of methoxy groups -OCH3 is 2. The van der Waals surface area contributed by atoms with E-state index in [1.807, 2.05) is 42.5 Å². The number of ketones is 1. The lowest BCUT2D eigenvalue weighted by Crippen LogP contribution is -2.27. The van der Waals surface area contributed by atoms with Crippen molar-refractivity contribution in [1.82, 2.24) is 0 Å². The van der Waals surface area contributed by atoms with E-state index >= 15 is 0 Å². The molecule has 0 bridgehead atoms. The zero-order chi connectivity index (χ0) is 26.4. The minimum atomic E-state index is -0.769. The number of para-hydroxylation sites is 2. The van der Waals surface area contributed by atoms with E-state index < -0.39 is 11.0 Å². The molecule has 0 radical (unpaired) electrons. The molecule has 194 valence electrons. The van der Waals surface area contributed by atoms with Crippen LogP contribution in [-0.2, 0) is 4.79 Å². The molecule has 2 atom stereocenters. The normalized spacial score (nSPS) is 19.5. The van der Waals surface area contributed by atoms with Crippen molar-refractivity contribution in [3.05, 3.63) is 87.1 Å². The molecule has 0 amide bonds. The van der Waals surface area contributed by atoms with Crippen LogP contribution in [0.25, 0.3) is 0 Å². The Kier molecular flexibility index (Phi) is 5.79. The number of nitrogens with one attached hydrogen (secondary N) is 2. The van der Waals surface area contributed by atoms with Crippen molar-refractivity contribution in [1.29, 1.82) is 0 Å². The van der Waals surface area contributed by atoms with Crippen molar-refractivity contribution in [2.45, 2.75) is 24.8 Å². The molecule has 1 aliphatic carbocycles. The fourth-order valence-corrected chi connectivity index (χ4v) is 5.40. The Morgan fingerprint density at radius 1 is 0.947 bits per heavy atom. The quantitative estimate of drug-likeness (QED) is 0.343. The van der Waals surface area contributed by atoms with Gasteiger partial charge in [0, 0.05) is 17.7 Å². The van der Waals surface area contributed by atoms with Gasteiger partial charge < -0.3 is 29.6 Å². The standard InChI is InChI=1S/C28H25N3O7/c1-35-23-8-7-15(11-24(23)36-2)16-9-20-27(22(32)10-16)28(30-19-6-4-3-5-18(19)29-20)17-12-25-26(38-14-37-25)13-21(17)31(33)34/h3-8,11-13,16,28-30H,9-10,14H2,1-2H3/t16-,28+/m1/s1. The van der Waals surface area contributed by atoms with Crippen LogP contribution < -0.4 is 29.6 Å². The van der Waals surface area contributed by atoms with E-state index in [4.69, 9.17) is 18.9 Å². The van der Waals surface area contributed by atoms with Crippen LogP contribution in [0.15, 0.2) is 65.9 Å². The third kappa shape index (κ3) is 3.94. The molecule has 0 aromatic heterocycles. The molecule has 3 aromatic rings. The summed E-state index contributed by atoms with van der Waals surface area (Å²) in [6.07, 6.45) is 0.768. The molecule has 0 spiro atoms. The smallest absolute Gasteiger partial charge is 0.279 e. The van der Waals surface area contributed by atoms with Gasteiger partial charge in [0.2, 0.25) is 6.79 Å². The Labute approximate surface area is 218 Å². The van der Waals surface area contributed by atoms with Crippen LogP contribution in [-0.4, -0.2) is 31.7 Å². The first-order chi connectivity index (χ1) is 18.5. The van der Waals surface area contributed by atoms with Gasteiger partial charge in [-0.1, -0.05) is 18.2 Å². The number of nitrogens with zero attached hydrogens (tertiary/aromatic N) is 1. The van der Waals surface area contributed by atoms with E-state index in [-0.39, 0.29) is 30.6 Å². The fraction of sp³-hybridized carbons (Fsp3) is 0.250. The summed E-state index contributed by atoms with van der Waals surface area (Å²) in [5, 5.41) is 19.0. The lowest BCUT2D eigenvalue weighted by molar-refractivity contribution is -0.385. The zero-order valence-corrected chi connectivity index (χ0v) is 20.8. The topological polar surface area (TPSA) is 121 Å². The molecule has 0 saturated carbocycles. The first-order valence-electron chi connectivity index (χ1n) is 12.2. The van der Waals surface area contributed by atoms with Gasteiger partial charge in [-0.05, 0) is 48.2 Å². The van der Waals surface area contributed by atoms with Gasteiger partial charge in [0.05, 0.1) is 48.2 Å². The molecular formula is C28H25N3O7. The van der Waals surface area contributed by atoms with Gasteiger partial charge in [-0.15, -0.1) is 0 Å². The number of fused-ring (bicyclic) bond motifs is 2. The second kappa shape index (κ2) is 9.29. The largest absolute Gasteiger partial charge is 0.493 e. The third-order valence-electron chi connectivity index (χ3n) is 7.22. The van der Waals surface area contributed by atoms with E-state index in [0.29, 0.717) is 40.6 Å². The number of nitro benzene ring substituents is 1. The molecule has 2 heterocycles. The molecule has 0 saturated heterocycles. The average Bonchev–Trinajstić information content (AvgIpc) is 3.32. The predicted octanol–water partition coefficient (Wildman–Crippen LogP) is 5.32. The number of carbonyl (C=O) groups is 1. The van der Waals surface area contributed by atoms with Crippen LogP contribution in [0.5, 0.6) is 23.0 Å². The Bertz CT molecular complexity index is 1500. The molecule has 0 unspecified atom stereocenters. The lowest BCUT2D eigenvalue weighted by Gasteiger charge is -2.30. The van der Waals surface area contributed by atoms with Gasteiger partial charge in [0.1, 0.15) is 0 Å². The highest BCUT2D eigenvalue weighted by atomic mass is 16.7. The van der Waals surface area contributed by atoms with Gasteiger partial charge >= 0.3 is 0 Å². The first kappa shape index (κ1) is 23.7. The number of hydrogen-bond acceptors (Lipinski definition) is 9. The molecule has 38 heavy (non-hydrogen) atoms. The maximum Gasteiger partial charge on any atom is 0.279 e. The number of carbonyl (C=O) groups excluding carboxylic acids is 1. The Hall–Kier alpha value is -4.73. The molecule has 6 rings (SSSR count). The number of anilines is 2. The second-order valence-electron chi connectivity index (χ2n) is 9.30. The number of ether oxygens (including phenoxy) is 4. The van der Waals surface area contributed by atoms with Gasteiger partial charge in [-0.25, -0.2) is 0 Å². The number of rotatable bonds is 5. The number of nitro groups is 1. The summed E-state index contributed by atoms with van der Waals surface area (Å²) >= 11 is 0. The zero-order valence-electron chi connectivity index (χ0n) is 20.8. The van der Waals surface area contributed by atoms with Crippen molar-refractivity contribution in [3.8, 4) is 23.0 Å². The first-order valence-corrected chi connectivity index (χ1v) is 12.2. The highest BCUT2D eigenvalue weighted by Crippen LogP contribution is 2.48. The lowest BCUT2D eigenvalue weighted by atomic mass is 9.78. The molecular weight excluding hydrogens is 490 g/mol.